The molecule has 0 unspecified atom stereocenters. The van der Waals surface area contributed by atoms with E-state index in [0.29, 0.717) is 29.3 Å². The van der Waals surface area contributed by atoms with Crippen molar-refractivity contribution >= 4 is 45.1 Å². The molecule has 2 aromatic rings. The third-order valence-corrected chi connectivity index (χ3v) is 10.9. The molecule has 1 saturated heterocycles. The molecule has 2 aliphatic rings. The lowest BCUT2D eigenvalue weighted by atomic mass is 9.66. The lowest BCUT2D eigenvalue weighted by Crippen LogP contribution is -2.59. The number of piperidine rings is 1. The number of sulfonamides is 1. The van der Waals surface area contributed by atoms with Crippen LogP contribution in [0.4, 0.5) is 0 Å². The second-order valence-electron chi connectivity index (χ2n) is 11.5. The van der Waals surface area contributed by atoms with Crippen molar-refractivity contribution in [1.29, 1.82) is 0 Å². The summed E-state index contributed by atoms with van der Waals surface area (Å²) in [5, 5.41) is 10.5. The monoisotopic (exact) mass is 594 g/mol. The van der Waals surface area contributed by atoms with Gasteiger partial charge in [0.2, 0.25) is 15.9 Å². The standard InChI is InChI=1S/C29H36Cl2N2O5S/c1-18(2)25(17-32(4)39(37,38)23-12-13-23)33-27(19-8-10-21(30)11-9-19)24(20-6-5-7-22(31)14-20)15-29(3,28(33)36)16-26(34)35/h5-11,14,18,23-25,27H,12-13,15-17H2,1-4H3,(H,34,35)/t24-,25-,27-,29+/m1/s1. The van der Waals surface area contributed by atoms with E-state index in [9.17, 15) is 23.1 Å². The van der Waals surface area contributed by atoms with Gasteiger partial charge in [0, 0.05) is 35.6 Å². The maximum absolute atomic E-state index is 14.4. The summed E-state index contributed by atoms with van der Waals surface area (Å²) in [6.07, 6.45) is 1.24. The lowest BCUT2D eigenvalue weighted by Gasteiger charge is -2.53. The Kier molecular flexibility index (Phi) is 8.72. The number of benzene rings is 2. The Hall–Kier alpha value is -2.13. The SMILES string of the molecule is CC(C)[C@@H](CN(C)S(=O)(=O)C1CC1)N1C(=O)[C@](C)(CC(=O)O)C[C@H](c2cccc(Cl)c2)[C@H]1c1ccc(Cl)cc1. The minimum absolute atomic E-state index is 0.109. The lowest BCUT2D eigenvalue weighted by molar-refractivity contribution is -0.161. The van der Waals surface area contributed by atoms with Crippen molar-refractivity contribution < 1.29 is 23.1 Å². The van der Waals surface area contributed by atoms with Gasteiger partial charge in [-0.15, -0.1) is 0 Å². The molecule has 1 N–H and O–H groups in total. The number of carbonyl (C=O) groups is 2. The Bertz CT molecular complexity index is 1330. The maximum Gasteiger partial charge on any atom is 0.304 e. The summed E-state index contributed by atoms with van der Waals surface area (Å²) in [5.74, 6) is -1.76. The van der Waals surface area contributed by atoms with Gasteiger partial charge in [-0.1, -0.05) is 68.2 Å². The van der Waals surface area contributed by atoms with Gasteiger partial charge in [0.15, 0.2) is 0 Å². The van der Waals surface area contributed by atoms with Crippen LogP contribution < -0.4 is 0 Å². The maximum atomic E-state index is 14.4. The van der Waals surface area contributed by atoms with Crippen molar-refractivity contribution in [2.24, 2.45) is 11.3 Å². The normalized spacial score (nSPS) is 24.8. The molecule has 1 aliphatic heterocycles. The molecule has 0 spiro atoms. The van der Waals surface area contributed by atoms with Crippen LogP contribution in [0.5, 0.6) is 0 Å². The molecule has 1 heterocycles. The van der Waals surface area contributed by atoms with Crippen LogP contribution >= 0.6 is 23.2 Å². The van der Waals surface area contributed by atoms with E-state index in [1.165, 1.54) is 4.31 Å². The van der Waals surface area contributed by atoms with E-state index in [0.717, 1.165) is 11.1 Å². The molecule has 1 saturated carbocycles. The summed E-state index contributed by atoms with van der Waals surface area (Å²) in [5.41, 5.74) is 0.523. The second-order valence-corrected chi connectivity index (χ2v) is 14.7. The van der Waals surface area contributed by atoms with Crippen LogP contribution in [0, 0.1) is 11.3 Å². The summed E-state index contributed by atoms with van der Waals surface area (Å²) in [6, 6.07) is 13.7. The van der Waals surface area contributed by atoms with Gasteiger partial charge in [0.1, 0.15) is 0 Å². The molecular formula is C29H36Cl2N2O5S. The number of carbonyl (C=O) groups excluding carboxylic acids is 1. The summed E-state index contributed by atoms with van der Waals surface area (Å²) < 4.78 is 27.6. The molecule has 1 amide bonds. The van der Waals surface area contributed by atoms with Crippen molar-refractivity contribution in [3.8, 4) is 0 Å². The van der Waals surface area contributed by atoms with Crippen molar-refractivity contribution in [1.82, 2.24) is 9.21 Å². The highest BCUT2D eigenvalue weighted by Gasteiger charge is 2.53. The zero-order chi connectivity index (χ0) is 28.7. The fourth-order valence-corrected chi connectivity index (χ4v) is 7.78. The van der Waals surface area contributed by atoms with E-state index in [-0.39, 0.29) is 36.0 Å². The molecule has 39 heavy (non-hydrogen) atoms. The number of carboxylic acid groups (broad SMARTS) is 1. The smallest absolute Gasteiger partial charge is 0.304 e. The van der Waals surface area contributed by atoms with Gasteiger partial charge in [-0.2, -0.15) is 0 Å². The number of amides is 1. The van der Waals surface area contributed by atoms with Crippen LogP contribution in [0.15, 0.2) is 48.5 Å². The zero-order valence-corrected chi connectivity index (χ0v) is 25.0. The molecule has 7 nitrogen and oxygen atoms in total. The molecule has 0 radical (unpaired) electrons. The first-order valence-corrected chi connectivity index (χ1v) is 15.5. The van der Waals surface area contributed by atoms with Crippen LogP contribution in [0.1, 0.15) is 69.5 Å². The highest BCUT2D eigenvalue weighted by Crippen LogP contribution is 2.52. The highest BCUT2D eigenvalue weighted by atomic mass is 35.5. The topological polar surface area (TPSA) is 95.0 Å². The number of aliphatic carboxylic acids is 1. The number of halogens is 2. The van der Waals surface area contributed by atoms with E-state index in [2.05, 4.69) is 0 Å². The third kappa shape index (κ3) is 6.29. The van der Waals surface area contributed by atoms with Crippen molar-refractivity contribution in [2.75, 3.05) is 13.6 Å². The predicted octanol–water partition coefficient (Wildman–Crippen LogP) is 5.98. The summed E-state index contributed by atoms with van der Waals surface area (Å²) in [6.45, 7) is 5.74. The first kappa shape index (κ1) is 29.8. The van der Waals surface area contributed by atoms with Crippen LogP contribution in [-0.4, -0.2) is 59.5 Å². The second kappa shape index (κ2) is 11.4. The van der Waals surface area contributed by atoms with Gasteiger partial charge in [-0.25, -0.2) is 12.7 Å². The van der Waals surface area contributed by atoms with Crippen LogP contribution in [-0.2, 0) is 19.6 Å². The zero-order valence-electron chi connectivity index (χ0n) is 22.7. The van der Waals surface area contributed by atoms with Gasteiger partial charge in [-0.3, -0.25) is 9.59 Å². The van der Waals surface area contributed by atoms with E-state index in [1.807, 2.05) is 44.2 Å². The summed E-state index contributed by atoms with van der Waals surface area (Å²) in [4.78, 5) is 28.2. The van der Waals surface area contributed by atoms with E-state index in [4.69, 9.17) is 23.2 Å². The molecule has 0 bridgehead atoms. The molecule has 4 atom stereocenters. The first-order chi connectivity index (χ1) is 18.2. The molecule has 4 rings (SSSR count). The summed E-state index contributed by atoms with van der Waals surface area (Å²) >= 11 is 12.6. The Morgan fingerprint density at radius 3 is 2.28 bits per heavy atom. The third-order valence-electron chi connectivity index (χ3n) is 8.08. The average molecular weight is 596 g/mol. The molecular weight excluding hydrogens is 559 g/mol. The number of rotatable bonds is 10. The van der Waals surface area contributed by atoms with Crippen LogP contribution in [0.25, 0.3) is 0 Å². The number of nitrogens with zero attached hydrogens (tertiary/aromatic N) is 2. The number of hydrogen-bond acceptors (Lipinski definition) is 4. The van der Waals surface area contributed by atoms with Gasteiger partial charge >= 0.3 is 5.97 Å². The number of hydrogen-bond donors (Lipinski definition) is 1. The molecule has 1 aliphatic carbocycles. The van der Waals surface area contributed by atoms with E-state index in [1.54, 1.807) is 37.1 Å². The quantitative estimate of drug-likeness (QED) is 0.365. The Labute approximate surface area is 241 Å². The fraction of sp³-hybridized carbons (Fsp3) is 0.517. The van der Waals surface area contributed by atoms with E-state index < -0.39 is 33.5 Å². The Balaban J connectivity index is 1.89. The predicted molar refractivity (Wildman–Crippen MR) is 153 cm³/mol. The number of carboxylic acids is 1. The molecule has 212 valence electrons. The largest absolute Gasteiger partial charge is 0.481 e. The Morgan fingerprint density at radius 2 is 1.74 bits per heavy atom. The number of likely N-dealkylation sites (tertiary alicyclic amines) is 1. The Morgan fingerprint density at radius 1 is 1.10 bits per heavy atom. The fourth-order valence-electron chi connectivity index (χ4n) is 5.85. The molecule has 10 heteroatoms. The number of likely N-dealkylation sites (N-methyl/N-ethyl adjacent to an activating group) is 1. The van der Waals surface area contributed by atoms with Crippen molar-refractivity contribution in [2.45, 2.75) is 69.7 Å². The average Bonchev–Trinajstić information content (AvgIpc) is 3.70. The van der Waals surface area contributed by atoms with Crippen molar-refractivity contribution in [3.05, 3.63) is 69.7 Å². The van der Waals surface area contributed by atoms with Gasteiger partial charge in [0.05, 0.1) is 23.1 Å². The molecule has 2 fully saturated rings. The van der Waals surface area contributed by atoms with Gasteiger partial charge < -0.3 is 10.0 Å². The highest BCUT2D eigenvalue weighted by molar-refractivity contribution is 7.90. The first-order valence-electron chi connectivity index (χ1n) is 13.2. The van der Waals surface area contributed by atoms with Crippen LogP contribution in [0.2, 0.25) is 10.0 Å². The van der Waals surface area contributed by atoms with Gasteiger partial charge in [0.25, 0.3) is 0 Å². The minimum atomic E-state index is -3.49. The van der Waals surface area contributed by atoms with Crippen LogP contribution in [0.3, 0.4) is 0 Å². The molecule has 2 aromatic carbocycles. The van der Waals surface area contributed by atoms with Gasteiger partial charge in [-0.05, 0) is 60.6 Å². The van der Waals surface area contributed by atoms with E-state index >= 15 is 0 Å². The minimum Gasteiger partial charge on any atom is -0.481 e. The summed E-state index contributed by atoms with van der Waals surface area (Å²) in [7, 11) is -1.92. The van der Waals surface area contributed by atoms with Crippen molar-refractivity contribution in [3.63, 3.8) is 0 Å². The molecule has 0 aromatic heterocycles.